The highest BCUT2D eigenvalue weighted by Crippen LogP contribution is 2.33. The van der Waals surface area contributed by atoms with E-state index in [1.807, 2.05) is 6.07 Å². The molecule has 1 fully saturated rings. The number of hydrogen-bond donors (Lipinski definition) is 2. The van der Waals surface area contributed by atoms with E-state index in [0.29, 0.717) is 24.6 Å². The van der Waals surface area contributed by atoms with Gasteiger partial charge in [0.15, 0.2) is 6.29 Å². The predicted octanol–water partition coefficient (Wildman–Crippen LogP) is 1.63. The van der Waals surface area contributed by atoms with Crippen LogP contribution in [0.1, 0.15) is 34.7 Å². The van der Waals surface area contributed by atoms with Gasteiger partial charge in [-0.15, -0.1) is 0 Å². The highest BCUT2D eigenvalue weighted by atomic mass is 16.2. The lowest BCUT2D eigenvalue weighted by Crippen LogP contribution is -2.41. The van der Waals surface area contributed by atoms with Crippen LogP contribution >= 0.6 is 0 Å². The van der Waals surface area contributed by atoms with Gasteiger partial charge >= 0.3 is 6.03 Å². The molecule has 1 aliphatic rings. The summed E-state index contributed by atoms with van der Waals surface area (Å²) in [7, 11) is 0. The summed E-state index contributed by atoms with van der Waals surface area (Å²) >= 11 is 0. The maximum Gasteiger partial charge on any atom is 0.314 e. The Morgan fingerprint density at radius 3 is 2.85 bits per heavy atom. The van der Waals surface area contributed by atoms with Crippen molar-refractivity contribution in [3.63, 3.8) is 0 Å². The fraction of sp³-hybridized carbons (Fsp3) is 0.357. The standard InChI is InChI=1S/C14H16N4O2/c15-14(20)18-5-2-9(3-6-18)11-1-4-16-13-12(11)10(8-19)7-17-13/h1,4,7-9H,2-3,5-6H2,(H2,15,20)(H,16,17). The number of H-pyrrole nitrogens is 1. The molecule has 1 aliphatic heterocycles. The van der Waals surface area contributed by atoms with E-state index in [-0.39, 0.29) is 6.03 Å². The molecule has 3 rings (SSSR count). The van der Waals surface area contributed by atoms with Gasteiger partial charge in [-0.2, -0.15) is 0 Å². The molecule has 1 saturated heterocycles. The van der Waals surface area contributed by atoms with E-state index in [4.69, 9.17) is 5.73 Å². The Bertz CT molecular complexity index is 656. The summed E-state index contributed by atoms with van der Waals surface area (Å²) in [6, 6.07) is 1.60. The quantitative estimate of drug-likeness (QED) is 0.814. The van der Waals surface area contributed by atoms with Crippen molar-refractivity contribution in [2.45, 2.75) is 18.8 Å². The summed E-state index contributed by atoms with van der Waals surface area (Å²) in [5, 5.41) is 0.903. The molecule has 2 amide bonds. The number of nitrogens with zero attached hydrogens (tertiary/aromatic N) is 2. The van der Waals surface area contributed by atoms with Crippen molar-refractivity contribution >= 4 is 23.4 Å². The molecule has 6 heteroatoms. The molecule has 3 heterocycles. The van der Waals surface area contributed by atoms with Crippen molar-refractivity contribution in [1.82, 2.24) is 14.9 Å². The van der Waals surface area contributed by atoms with Crippen molar-refractivity contribution in [1.29, 1.82) is 0 Å². The van der Waals surface area contributed by atoms with Gasteiger partial charge in [0.05, 0.1) is 0 Å². The molecule has 0 bridgehead atoms. The third-order valence-corrected chi connectivity index (χ3v) is 4.01. The summed E-state index contributed by atoms with van der Waals surface area (Å²) in [5.41, 5.74) is 7.80. The van der Waals surface area contributed by atoms with E-state index in [2.05, 4.69) is 9.97 Å². The van der Waals surface area contributed by atoms with Gasteiger partial charge in [0.1, 0.15) is 5.65 Å². The van der Waals surface area contributed by atoms with E-state index in [1.165, 1.54) is 0 Å². The van der Waals surface area contributed by atoms with Gasteiger partial charge < -0.3 is 15.6 Å². The second-order valence-corrected chi connectivity index (χ2v) is 5.09. The molecule has 0 aromatic carbocycles. The molecule has 0 atom stereocenters. The average molecular weight is 272 g/mol. The van der Waals surface area contributed by atoms with Crippen LogP contribution in [0.25, 0.3) is 11.0 Å². The number of nitrogens with one attached hydrogen (secondary N) is 1. The van der Waals surface area contributed by atoms with E-state index >= 15 is 0 Å². The van der Waals surface area contributed by atoms with Crippen molar-refractivity contribution in [3.05, 3.63) is 29.6 Å². The molecule has 104 valence electrons. The van der Waals surface area contributed by atoms with Crippen LogP contribution in [0.15, 0.2) is 18.5 Å². The molecule has 0 aliphatic carbocycles. The minimum absolute atomic E-state index is 0.325. The van der Waals surface area contributed by atoms with Crippen molar-refractivity contribution in [2.75, 3.05) is 13.1 Å². The van der Waals surface area contributed by atoms with Crippen LogP contribution in [-0.4, -0.2) is 40.3 Å². The summed E-state index contributed by atoms with van der Waals surface area (Å²) in [5.74, 6) is 0.325. The molecule has 6 nitrogen and oxygen atoms in total. The van der Waals surface area contributed by atoms with Crippen molar-refractivity contribution < 1.29 is 9.59 Å². The van der Waals surface area contributed by atoms with E-state index in [9.17, 15) is 9.59 Å². The molecule has 3 N–H and O–H groups in total. The molecule has 20 heavy (non-hydrogen) atoms. The lowest BCUT2D eigenvalue weighted by Gasteiger charge is -2.31. The Kier molecular flexibility index (Phi) is 3.14. The number of aromatic nitrogens is 2. The van der Waals surface area contributed by atoms with Crippen LogP contribution in [-0.2, 0) is 0 Å². The van der Waals surface area contributed by atoms with Gasteiger partial charge in [-0.1, -0.05) is 0 Å². The average Bonchev–Trinajstić information content (AvgIpc) is 2.90. The number of carbonyl (C=O) groups is 2. The maximum absolute atomic E-state index is 11.2. The zero-order chi connectivity index (χ0) is 14.1. The van der Waals surface area contributed by atoms with Crippen LogP contribution < -0.4 is 5.73 Å². The highest BCUT2D eigenvalue weighted by molar-refractivity contribution is 5.97. The molecule has 0 unspecified atom stereocenters. The predicted molar refractivity (Wildman–Crippen MR) is 74.6 cm³/mol. The Morgan fingerprint density at radius 1 is 1.45 bits per heavy atom. The normalized spacial score (nSPS) is 16.5. The topological polar surface area (TPSA) is 92.1 Å². The third-order valence-electron chi connectivity index (χ3n) is 4.01. The first-order valence-electron chi connectivity index (χ1n) is 6.66. The van der Waals surface area contributed by atoms with E-state index in [0.717, 1.165) is 35.7 Å². The molecule has 0 saturated carbocycles. The molecule has 2 aromatic rings. The molecule has 0 radical (unpaired) electrons. The van der Waals surface area contributed by atoms with Crippen LogP contribution in [0.3, 0.4) is 0 Å². The summed E-state index contributed by atoms with van der Waals surface area (Å²) in [6.07, 6.45) is 6.00. The summed E-state index contributed by atoms with van der Waals surface area (Å²) in [6.45, 7) is 1.31. The number of carbonyl (C=O) groups excluding carboxylic acids is 2. The van der Waals surface area contributed by atoms with Gasteiger partial charge in [0, 0.05) is 36.4 Å². The van der Waals surface area contributed by atoms with Crippen LogP contribution in [0.2, 0.25) is 0 Å². The zero-order valence-electron chi connectivity index (χ0n) is 11.0. The number of primary amides is 1. The van der Waals surface area contributed by atoms with Crippen LogP contribution in [0, 0.1) is 0 Å². The summed E-state index contributed by atoms with van der Waals surface area (Å²) < 4.78 is 0. The molecular formula is C14H16N4O2. The first-order valence-corrected chi connectivity index (χ1v) is 6.66. The zero-order valence-corrected chi connectivity index (χ0v) is 11.0. The Morgan fingerprint density at radius 2 is 2.20 bits per heavy atom. The Hall–Kier alpha value is -2.37. The molecule has 0 spiro atoms. The lowest BCUT2D eigenvalue weighted by atomic mass is 9.87. The van der Waals surface area contributed by atoms with E-state index < -0.39 is 0 Å². The fourth-order valence-corrected chi connectivity index (χ4v) is 2.95. The second kappa shape index (κ2) is 4.96. The number of piperidine rings is 1. The first kappa shape index (κ1) is 12.7. The minimum Gasteiger partial charge on any atom is -0.351 e. The molecular weight excluding hydrogens is 256 g/mol. The van der Waals surface area contributed by atoms with Crippen molar-refractivity contribution in [3.8, 4) is 0 Å². The van der Waals surface area contributed by atoms with Gasteiger partial charge in [-0.3, -0.25) is 4.79 Å². The number of rotatable bonds is 2. The number of amides is 2. The second-order valence-electron chi connectivity index (χ2n) is 5.09. The lowest BCUT2D eigenvalue weighted by molar-refractivity contribution is 0.112. The van der Waals surface area contributed by atoms with Gasteiger partial charge in [-0.25, -0.2) is 9.78 Å². The van der Waals surface area contributed by atoms with E-state index in [1.54, 1.807) is 17.3 Å². The molecule has 2 aromatic heterocycles. The summed E-state index contributed by atoms with van der Waals surface area (Å²) in [4.78, 5) is 31.2. The maximum atomic E-state index is 11.2. The Balaban J connectivity index is 1.93. The largest absolute Gasteiger partial charge is 0.351 e. The number of fused-ring (bicyclic) bond motifs is 1. The van der Waals surface area contributed by atoms with Gasteiger partial charge in [0.25, 0.3) is 0 Å². The van der Waals surface area contributed by atoms with Gasteiger partial charge in [-0.05, 0) is 30.4 Å². The number of hydrogen-bond acceptors (Lipinski definition) is 3. The van der Waals surface area contributed by atoms with Crippen molar-refractivity contribution in [2.24, 2.45) is 5.73 Å². The SMILES string of the molecule is NC(=O)N1CCC(c2ccnc3[nH]cc(C=O)c23)CC1. The number of aldehydes is 1. The number of pyridine rings is 1. The number of nitrogens with two attached hydrogens (primary N) is 1. The highest BCUT2D eigenvalue weighted by Gasteiger charge is 2.24. The number of likely N-dealkylation sites (tertiary alicyclic amines) is 1. The fourth-order valence-electron chi connectivity index (χ4n) is 2.95. The van der Waals surface area contributed by atoms with Gasteiger partial charge in [0.2, 0.25) is 0 Å². The third kappa shape index (κ3) is 2.03. The van der Waals surface area contributed by atoms with Crippen LogP contribution in [0.4, 0.5) is 4.79 Å². The number of urea groups is 1. The minimum atomic E-state index is -0.362. The first-order chi connectivity index (χ1) is 9.70. The Labute approximate surface area is 116 Å². The monoisotopic (exact) mass is 272 g/mol. The van der Waals surface area contributed by atoms with Crippen LogP contribution in [0.5, 0.6) is 0 Å². The number of aromatic amines is 1. The smallest absolute Gasteiger partial charge is 0.314 e.